The van der Waals surface area contributed by atoms with E-state index in [2.05, 4.69) is 15.6 Å². The molecule has 0 unspecified atom stereocenters. The highest BCUT2D eigenvalue weighted by molar-refractivity contribution is 5.96. The number of hydrogen-bond acceptors (Lipinski definition) is 6. The number of nitrogens with zero attached hydrogens (tertiary/aromatic N) is 2. The monoisotopic (exact) mass is 332 g/mol. The molecule has 0 fully saturated rings. The van der Waals surface area contributed by atoms with Gasteiger partial charge in [-0.05, 0) is 19.1 Å². The van der Waals surface area contributed by atoms with Crippen molar-refractivity contribution < 1.29 is 19.1 Å². The molecule has 2 aromatic heterocycles. The summed E-state index contributed by atoms with van der Waals surface area (Å²) < 4.78 is 5.85. The van der Waals surface area contributed by atoms with Crippen molar-refractivity contribution in [3.05, 3.63) is 40.4 Å². The van der Waals surface area contributed by atoms with E-state index < -0.39 is 23.3 Å². The molecule has 9 nitrogen and oxygen atoms in total. The summed E-state index contributed by atoms with van der Waals surface area (Å²) in [6, 6.07) is 2.96. The molecule has 0 spiro atoms. The molecule has 2 heterocycles. The van der Waals surface area contributed by atoms with Crippen LogP contribution in [0.2, 0.25) is 0 Å². The molecule has 0 aromatic carbocycles. The third-order valence-corrected chi connectivity index (χ3v) is 2.97. The van der Waals surface area contributed by atoms with E-state index in [1.807, 2.05) is 0 Å². The lowest BCUT2D eigenvalue weighted by Gasteiger charge is -2.08. The summed E-state index contributed by atoms with van der Waals surface area (Å²) in [5.41, 5.74) is -0.0361. The molecule has 0 saturated carbocycles. The van der Waals surface area contributed by atoms with Crippen molar-refractivity contribution in [3.63, 3.8) is 0 Å². The molecule has 24 heavy (non-hydrogen) atoms. The van der Waals surface area contributed by atoms with Crippen LogP contribution < -0.4 is 16.2 Å². The van der Waals surface area contributed by atoms with E-state index >= 15 is 0 Å². The molecule has 2 rings (SSSR count). The van der Waals surface area contributed by atoms with Crippen LogP contribution >= 0.6 is 0 Å². The number of amides is 2. The van der Waals surface area contributed by atoms with E-state index in [-0.39, 0.29) is 24.4 Å². The van der Waals surface area contributed by atoms with Crippen LogP contribution in [0.25, 0.3) is 5.65 Å². The summed E-state index contributed by atoms with van der Waals surface area (Å²) in [6.45, 7) is 2.88. The molecule has 0 atom stereocenters. The number of anilines is 1. The van der Waals surface area contributed by atoms with Gasteiger partial charge in [0.1, 0.15) is 17.9 Å². The number of esters is 1. The van der Waals surface area contributed by atoms with Crippen molar-refractivity contribution in [2.24, 2.45) is 0 Å². The Morgan fingerprint density at radius 3 is 2.71 bits per heavy atom. The minimum Gasteiger partial charge on any atom is -0.465 e. The number of rotatable bonds is 5. The number of hydrogen-bond donors (Lipinski definition) is 2. The van der Waals surface area contributed by atoms with Gasteiger partial charge in [-0.15, -0.1) is 0 Å². The molecule has 0 aliphatic carbocycles. The fraction of sp³-hybridized carbons (Fsp3) is 0.267. The lowest BCUT2D eigenvalue weighted by molar-refractivity contribution is -0.141. The van der Waals surface area contributed by atoms with Crippen molar-refractivity contribution in [3.8, 4) is 0 Å². The number of nitrogens with one attached hydrogen (secondary N) is 2. The SMILES string of the molecule is CCOC(=O)CNC(=O)c1ccc2ncc(NC(C)=O)c(=O)n2c1. The Kier molecular flexibility index (Phi) is 5.25. The highest BCUT2D eigenvalue weighted by Gasteiger charge is 2.12. The quantitative estimate of drug-likeness (QED) is 0.741. The molecule has 0 aliphatic rings. The van der Waals surface area contributed by atoms with Crippen molar-refractivity contribution in [2.75, 3.05) is 18.5 Å². The van der Waals surface area contributed by atoms with E-state index in [9.17, 15) is 19.2 Å². The zero-order valence-corrected chi connectivity index (χ0v) is 13.2. The van der Waals surface area contributed by atoms with Crippen molar-refractivity contribution in [2.45, 2.75) is 13.8 Å². The van der Waals surface area contributed by atoms with Gasteiger partial charge >= 0.3 is 5.97 Å². The molecular weight excluding hydrogens is 316 g/mol. The first-order chi connectivity index (χ1) is 11.4. The van der Waals surface area contributed by atoms with Crippen molar-refractivity contribution >= 4 is 29.1 Å². The molecule has 0 saturated heterocycles. The summed E-state index contributed by atoms with van der Waals surface area (Å²) in [4.78, 5) is 50.7. The second-order valence-electron chi connectivity index (χ2n) is 4.79. The first-order valence-electron chi connectivity index (χ1n) is 7.15. The predicted molar refractivity (Wildman–Crippen MR) is 84.7 cm³/mol. The van der Waals surface area contributed by atoms with Crippen LogP contribution in [0.5, 0.6) is 0 Å². The molecule has 0 radical (unpaired) electrons. The Hall–Kier alpha value is -3.23. The second-order valence-corrected chi connectivity index (χ2v) is 4.79. The number of ether oxygens (including phenoxy) is 1. The summed E-state index contributed by atoms with van der Waals surface area (Å²) in [7, 11) is 0. The minimum absolute atomic E-state index is 0.00378. The maximum absolute atomic E-state index is 12.3. The Balaban J connectivity index is 2.27. The normalized spacial score (nSPS) is 10.2. The lowest BCUT2D eigenvalue weighted by Crippen LogP contribution is -2.31. The average Bonchev–Trinajstić information content (AvgIpc) is 2.55. The highest BCUT2D eigenvalue weighted by atomic mass is 16.5. The van der Waals surface area contributed by atoms with Gasteiger partial charge in [0.25, 0.3) is 11.5 Å². The van der Waals surface area contributed by atoms with Crippen molar-refractivity contribution in [1.29, 1.82) is 0 Å². The van der Waals surface area contributed by atoms with Gasteiger partial charge in [0.15, 0.2) is 0 Å². The van der Waals surface area contributed by atoms with Gasteiger partial charge in [0, 0.05) is 13.1 Å². The van der Waals surface area contributed by atoms with Gasteiger partial charge in [-0.3, -0.25) is 23.6 Å². The summed E-state index contributed by atoms with van der Waals surface area (Å²) in [5.74, 6) is -1.50. The van der Waals surface area contributed by atoms with Gasteiger partial charge < -0.3 is 15.4 Å². The zero-order chi connectivity index (χ0) is 17.7. The lowest BCUT2D eigenvalue weighted by atomic mass is 10.2. The molecule has 2 N–H and O–H groups in total. The van der Waals surface area contributed by atoms with E-state index in [0.29, 0.717) is 5.65 Å². The number of carbonyl (C=O) groups excluding carboxylic acids is 3. The van der Waals surface area contributed by atoms with Gasteiger partial charge in [0.2, 0.25) is 5.91 Å². The second kappa shape index (κ2) is 7.36. The van der Waals surface area contributed by atoms with Crippen LogP contribution in [-0.4, -0.2) is 40.3 Å². The molecule has 2 aromatic rings. The van der Waals surface area contributed by atoms with E-state index in [1.54, 1.807) is 6.92 Å². The minimum atomic E-state index is -0.557. The van der Waals surface area contributed by atoms with E-state index in [1.165, 1.54) is 31.5 Å². The first-order valence-corrected chi connectivity index (χ1v) is 7.15. The smallest absolute Gasteiger partial charge is 0.325 e. The Bertz CT molecular complexity index is 859. The Morgan fingerprint density at radius 1 is 1.29 bits per heavy atom. The maximum Gasteiger partial charge on any atom is 0.325 e. The zero-order valence-electron chi connectivity index (χ0n) is 13.2. The van der Waals surface area contributed by atoms with Crippen LogP contribution in [0.4, 0.5) is 5.69 Å². The summed E-state index contributed by atoms with van der Waals surface area (Å²) >= 11 is 0. The first kappa shape index (κ1) is 17.1. The third kappa shape index (κ3) is 3.94. The number of fused-ring (bicyclic) bond motifs is 1. The van der Waals surface area contributed by atoms with E-state index in [4.69, 9.17) is 4.74 Å². The number of pyridine rings is 1. The topological polar surface area (TPSA) is 119 Å². The largest absolute Gasteiger partial charge is 0.465 e. The van der Waals surface area contributed by atoms with Crippen LogP contribution in [0.3, 0.4) is 0 Å². The van der Waals surface area contributed by atoms with Crippen LogP contribution in [-0.2, 0) is 14.3 Å². The average molecular weight is 332 g/mol. The van der Waals surface area contributed by atoms with Gasteiger partial charge in [0.05, 0.1) is 18.4 Å². The fourth-order valence-electron chi connectivity index (χ4n) is 1.95. The van der Waals surface area contributed by atoms with Crippen LogP contribution in [0, 0.1) is 0 Å². The number of carbonyl (C=O) groups is 3. The maximum atomic E-state index is 12.3. The Labute approximate surface area is 136 Å². The predicted octanol–water partition coefficient (Wildman–Crippen LogP) is -0.0542. The molecule has 9 heteroatoms. The number of aromatic nitrogens is 2. The van der Waals surface area contributed by atoms with Crippen molar-refractivity contribution in [1.82, 2.24) is 14.7 Å². The van der Waals surface area contributed by atoms with E-state index in [0.717, 1.165) is 4.40 Å². The van der Waals surface area contributed by atoms with Crippen LogP contribution in [0.15, 0.2) is 29.3 Å². The van der Waals surface area contributed by atoms with Gasteiger partial charge in [-0.25, -0.2) is 4.98 Å². The fourth-order valence-corrected chi connectivity index (χ4v) is 1.95. The van der Waals surface area contributed by atoms with Crippen LogP contribution in [0.1, 0.15) is 24.2 Å². The summed E-state index contributed by atoms with van der Waals surface area (Å²) in [5, 5.41) is 4.77. The highest BCUT2D eigenvalue weighted by Crippen LogP contribution is 2.05. The third-order valence-electron chi connectivity index (χ3n) is 2.97. The molecule has 0 bridgehead atoms. The molecule has 126 valence electrons. The summed E-state index contributed by atoms with van der Waals surface area (Å²) in [6.07, 6.45) is 2.54. The molecule has 2 amide bonds. The van der Waals surface area contributed by atoms with Gasteiger partial charge in [-0.1, -0.05) is 0 Å². The van der Waals surface area contributed by atoms with Gasteiger partial charge in [-0.2, -0.15) is 0 Å². The molecule has 0 aliphatic heterocycles. The standard InChI is InChI=1S/C15H16N4O5/c1-3-24-13(21)7-17-14(22)10-4-5-12-16-6-11(18-9(2)20)15(23)19(12)8-10/h4-6,8H,3,7H2,1-2H3,(H,17,22)(H,18,20). The molecular formula is C15H16N4O5. The Morgan fingerprint density at radius 2 is 2.04 bits per heavy atom.